The molecule has 1 heterocycles. The topological polar surface area (TPSA) is 20.7 Å². The average molecular weight is 272 g/mol. The molecule has 0 aliphatic carbocycles. The number of rotatable bonds is 2. The lowest BCUT2D eigenvalue weighted by atomic mass is 10.1. The number of benzene rings is 1. The van der Waals surface area contributed by atoms with Crippen LogP contribution in [0.1, 0.15) is 16.8 Å². The fraction of sp³-hybridized carbons (Fsp3) is 0.250. The van der Waals surface area contributed by atoms with Crippen LogP contribution in [0.25, 0.3) is 0 Å². The predicted molar refractivity (Wildman–Crippen MR) is 64.9 cm³/mol. The Kier molecular flexibility index (Phi) is 3.30. The summed E-state index contributed by atoms with van der Waals surface area (Å²) in [5.41, 5.74) is 1.06. The van der Waals surface area contributed by atoms with Gasteiger partial charge < -0.3 is 9.55 Å². The molecule has 0 saturated heterocycles. The van der Waals surface area contributed by atoms with Crippen molar-refractivity contribution >= 4 is 12.2 Å². The van der Waals surface area contributed by atoms with Crippen LogP contribution in [0.3, 0.4) is 0 Å². The molecule has 0 spiro atoms. The zero-order chi connectivity index (χ0) is 13.3. The van der Waals surface area contributed by atoms with Crippen LogP contribution in [0.2, 0.25) is 0 Å². The number of nitrogens with zero attached hydrogens (tertiary/aromatic N) is 1. The van der Waals surface area contributed by atoms with Crippen LogP contribution in [0, 0.1) is 11.7 Å². The first kappa shape index (κ1) is 12.9. The zero-order valence-corrected chi connectivity index (χ0v) is 10.4. The molecule has 0 amide bonds. The van der Waals surface area contributed by atoms with E-state index in [0.29, 0.717) is 11.3 Å². The molecule has 2 aromatic rings. The Hall–Kier alpha value is -1.56. The highest BCUT2D eigenvalue weighted by Gasteiger charge is 2.29. The van der Waals surface area contributed by atoms with Crippen molar-refractivity contribution in [2.24, 2.45) is 0 Å². The fourth-order valence-corrected chi connectivity index (χ4v) is 1.96. The number of nitrogens with one attached hydrogen (secondary N) is 1. The second-order valence-corrected chi connectivity index (χ2v) is 4.45. The quantitative estimate of drug-likeness (QED) is 0.822. The highest BCUT2D eigenvalue weighted by Crippen LogP contribution is 2.29. The van der Waals surface area contributed by atoms with E-state index in [4.69, 9.17) is 12.2 Å². The molecule has 0 radical (unpaired) electrons. The number of imidazole rings is 1. The van der Waals surface area contributed by atoms with Crippen LogP contribution in [-0.2, 0) is 12.7 Å². The Balaban J connectivity index is 2.21. The van der Waals surface area contributed by atoms with Gasteiger partial charge in [-0.25, -0.2) is 0 Å². The second kappa shape index (κ2) is 4.61. The van der Waals surface area contributed by atoms with E-state index >= 15 is 0 Å². The summed E-state index contributed by atoms with van der Waals surface area (Å²) in [4.78, 5) is 2.96. The first-order valence-electron chi connectivity index (χ1n) is 5.28. The van der Waals surface area contributed by atoms with Crippen LogP contribution < -0.4 is 0 Å². The minimum absolute atomic E-state index is 0.460. The number of halogens is 3. The van der Waals surface area contributed by atoms with Crippen LogP contribution >= 0.6 is 12.2 Å². The molecule has 1 N–H and O–H groups in total. The minimum Gasteiger partial charge on any atom is -0.335 e. The van der Waals surface area contributed by atoms with Gasteiger partial charge in [0.15, 0.2) is 4.77 Å². The number of aromatic amines is 1. The summed E-state index contributed by atoms with van der Waals surface area (Å²) in [6.45, 7) is 2.33. The summed E-state index contributed by atoms with van der Waals surface area (Å²) in [5.74, 6) is 0. The summed E-state index contributed by atoms with van der Waals surface area (Å²) in [6.07, 6.45) is -2.46. The monoisotopic (exact) mass is 272 g/mol. The van der Waals surface area contributed by atoms with Crippen molar-refractivity contribution in [3.8, 4) is 0 Å². The fourth-order valence-electron chi connectivity index (χ4n) is 1.68. The summed E-state index contributed by atoms with van der Waals surface area (Å²) in [6, 6.07) is 5.09. The highest BCUT2D eigenvalue weighted by atomic mass is 32.1. The molecule has 1 aromatic carbocycles. The minimum atomic E-state index is -4.29. The number of aryl methyl sites for hydroxylation is 1. The largest absolute Gasteiger partial charge is 0.416 e. The van der Waals surface area contributed by atoms with Crippen molar-refractivity contribution in [1.82, 2.24) is 9.55 Å². The number of H-pyrrole nitrogens is 1. The molecule has 6 heteroatoms. The van der Waals surface area contributed by atoms with Gasteiger partial charge in [-0.3, -0.25) is 0 Å². The van der Waals surface area contributed by atoms with Crippen molar-refractivity contribution in [2.45, 2.75) is 19.6 Å². The van der Waals surface area contributed by atoms with Crippen LogP contribution in [0.15, 0.2) is 30.5 Å². The van der Waals surface area contributed by atoms with Gasteiger partial charge in [-0.15, -0.1) is 0 Å². The molecule has 0 saturated carbocycles. The third-order valence-corrected chi connectivity index (χ3v) is 2.89. The molecule has 2 rings (SSSR count). The molecule has 0 bridgehead atoms. The molecular weight excluding hydrogens is 261 g/mol. The Bertz CT molecular complexity index is 593. The van der Waals surface area contributed by atoms with Gasteiger partial charge in [0.1, 0.15) is 0 Å². The lowest BCUT2D eigenvalue weighted by Crippen LogP contribution is -2.05. The average Bonchev–Trinajstić information content (AvgIpc) is 2.57. The molecule has 0 atom stereocenters. The van der Waals surface area contributed by atoms with Gasteiger partial charge in [0.25, 0.3) is 0 Å². The maximum Gasteiger partial charge on any atom is 0.416 e. The summed E-state index contributed by atoms with van der Waals surface area (Å²) in [7, 11) is 0. The first-order chi connectivity index (χ1) is 8.36. The summed E-state index contributed by atoms with van der Waals surface area (Å²) >= 11 is 5.08. The van der Waals surface area contributed by atoms with E-state index < -0.39 is 11.7 Å². The molecule has 1 aromatic heterocycles. The van der Waals surface area contributed by atoms with Gasteiger partial charge in [-0.2, -0.15) is 13.2 Å². The van der Waals surface area contributed by atoms with E-state index in [1.54, 1.807) is 4.57 Å². The Morgan fingerprint density at radius 2 is 1.83 bits per heavy atom. The molecule has 0 aliphatic heterocycles. The second-order valence-electron chi connectivity index (χ2n) is 4.06. The van der Waals surface area contributed by atoms with E-state index in [9.17, 15) is 13.2 Å². The third-order valence-electron chi connectivity index (χ3n) is 2.55. The number of hydrogen-bond acceptors (Lipinski definition) is 1. The molecule has 96 valence electrons. The van der Waals surface area contributed by atoms with E-state index in [1.165, 1.54) is 12.1 Å². The highest BCUT2D eigenvalue weighted by molar-refractivity contribution is 7.71. The van der Waals surface area contributed by atoms with E-state index in [0.717, 1.165) is 23.4 Å². The lowest BCUT2D eigenvalue weighted by molar-refractivity contribution is -0.137. The van der Waals surface area contributed by atoms with Gasteiger partial charge in [0.05, 0.1) is 5.56 Å². The zero-order valence-electron chi connectivity index (χ0n) is 9.58. The van der Waals surface area contributed by atoms with Crippen molar-refractivity contribution in [1.29, 1.82) is 0 Å². The van der Waals surface area contributed by atoms with E-state index in [-0.39, 0.29) is 0 Å². The van der Waals surface area contributed by atoms with E-state index in [1.807, 2.05) is 13.1 Å². The van der Waals surface area contributed by atoms with Gasteiger partial charge in [0, 0.05) is 18.4 Å². The smallest absolute Gasteiger partial charge is 0.335 e. The predicted octanol–water partition coefficient (Wildman–Crippen LogP) is 3.92. The van der Waals surface area contributed by atoms with Crippen molar-refractivity contribution in [3.05, 3.63) is 52.1 Å². The lowest BCUT2D eigenvalue weighted by Gasteiger charge is -2.08. The number of aromatic nitrogens is 2. The van der Waals surface area contributed by atoms with Crippen LogP contribution in [-0.4, -0.2) is 9.55 Å². The Labute approximate surface area is 107 Å². The first-order valence-corrected chi connectivity index (χ1v) is 5.69. The molecule has 2 nitrogen and oxygen atoms in total. The molecule has 0 fully saturated rings. The van der Waals surface area contributed by atoms with Crippen molar-refractivity contribution in [3.63, 3.8) is 0 Å². The summed E-state index contributed by atoms with van der Waals surface area (Å²) < 4.78 is 39.5. The third kappa shape index (κ3) is 2.81. The maximum atomic E-state index is 12.4. The number of alkyl halides is 3. The van der Waals surface area contributed by atoms with Gasteiger partial charge in [-0.1, -0.05) is 12.1 Å². The maximum absolute atomic E-state index is 12.4. The van der Waals surface area contributed by atoms with E-state index in [2.05, 4.69) is 4.98 Å². The van der Waals surface area contributed by atoms with Crippen molar-refractivity contribution < 1.29 is 13.2 Å². The van der Waals surface area contributed by atoms with Crippen molar-refractivity contribution in [2.75, 3.05) is 0 Å². The molecular formula is C12H11F3N2S. The Morgan fingerprint density at radius 3 is 2.28 bits per heavy atom. The molecule has 0 unspecified atom stereocenters. The van der Waals surface area contributed by atoms with Gasteiger partial charge >= 0.3 is 6.18 Å². The number of hydrogen-bond donors (Lipinski definition) is 1. The Morgan fingerprint density at radius 1 is 1.22 bits per heavy atom. The normalized spacial score (nSPS) is 11.8. The SMILES string of the molecule is Cc1cn(Cc2ccc(C(F)(F)F)cc2)c(=S)[nH]1. The van der Waals surface area contributed by atoms with Gasteiger partial charge in [-0.05, 0) is 36.8 Å². The summed E-state index contributed by atoms with van der Waals surface area (Å²) in [5, 5.41) is 0. The molecule has 0 aliphatic rings. The standard InChI is InChI=1S/C12H11F3N2S/c1-8-6-17(11(18)16-8)7-9-2-4-10(5-3-9)12(13,14)15/h2-6H,7H2,1H3,(H,16,18). The van der Waals surface area contributed by atoms with Crippen LogP contribution in [0.4, 0.5) is 13.2 Å². The van der Waals surface area contributed by atoms with Gasteiger partial charge in [0.2, 0.25) is 0 Å². The molecule has 18 heavy (non-hydrogen) atoms. The van der Waals surface area contributed by atoms with Crippen LogP contribution in [0.5, 0.6) is 0 Å².